The molecular weight excluding hydrogens is 473 g/mol. The van der Waals surface area contributed by atoms with Gasteiger partial charge in [0.2, 0.25) is 5.89 Å². The Morgan fingerprint density at radius 1 is 1.26 bits per heavy atom. The first-order valence-corrected chi connectivity index (χ1v) is 10.9. The molecule has 12 heteroatoms. The highest BCUT2D eigenvalue weighted by Gasteiger charge is 2.31. The molecule has 4 rings (SSSR count). The number of halogens is 4. The van der Waals surface area contributed by atoms with Crippen LogP contribution in [0.3, 0.4) is 0 Å². The molecule has 2 amide bonds. The normalized spacial score (nSPS) is 16.0. The number of anilines is 1. The SMILES string of the molecule is CN(C)[C@H]1CCN(C(=O)N(Cc2ccc(-c3nnc(C(F)F)o3)cn2)c2ccc(F)c(Cl)c2)C1. The Morgan fingerprint density at radius 2 is 2.06 bits per heavy atom. The molecule has 0 N–H and O–H groups in total. The minimum Gasteiger partial charge on any atom is -0.415 e. The number of rotatable bonds is 6. The van der Waals surface area contributed by atoms with Crippen LogP contribution in [0, 0.1) is 5.82 Å². The molecule has 0 radical (unpaired) electrons. The van der Waals surface area contributed by atoms with Gasteiger partial charge in [-0.2, -0.15) is 8.78 Å². The van der Waals surface area contributed by atoms with Gasteiger partial charge < -0.3 is 14.2 Å². The third-order valence-electron chi connectivity index (χ3n) is 5.63. The van der Waals surface area contributed by atoms with Crippen LogP contribution in [-0.4, -0.2) is 64.2 Å². The fourth-order valence-corrected chi connectivity index (χ4v) is 3.85. The van der Waals surface area contributed by atoms with Crippen LogP contribution in [-0.2, 0) is 6.54 Å². The summed E-state index contributed by atoms with van der Waals surface area (Å²) in [6.07, 6.45) is -0.626. The second kappa shape index (κ2) is 9.98. The average molecular weight is 495 g/mol. The lowest BCUT2D eigenvalue weighted by atomic mass is 10.2. The average Bonchev–Trinajstić information content (AvgIpc) is 3.50. The van der Waals surface area contributed by atoms with E-state index in [0.29, 0.717) is 30.0 Å². The number of carbonyl (C=O) groups is 1. The minimum absolute atomic E-state index is 0.0797. The maximum absolute atomic E-state index is 13.8. The van der Waals surface area contributed by atoms with Crippen molar-refractivity contribution in [3.63, 3.8) is 0 Å². The quantitative estimate of drug-likeness (QED) is 0.497. The number of carbonyl (C=O) groups excluding carboxylic acids is 1. The molecule has 3 aromatic rings. The Morgan fingerprint density at radius 3 is 2.65 bits per heavy atom. The molecule has 8 nitrogen and oxygen atoms in total. The number of benzene rings is 1. The fourth-order valence-electron chi connectivity index (χ4n) is 3.68. The molecule has 3 heterocycles. The molecule has 1 fully saturated rings. The van der Waals surface area contributed by atoms with Crippen molar-refractivity contribution >= 4 is 23.3 Å². The van der Waals surface area contributed by atoms with Crippen molar-refractivity contribution in [2.45, 2.75) is 25.4 Å². The van der Waals surface area contributed by atoms with Crippen LogP contribution in [0.15, 0.2) is 40.9 Å². The number of likely N-dealkylation sites (N-methyl/N-ethyl adjacent to an activating group) is 1. The fraction of sp³-hybridized carbons (Fsp3) is 0.364. The first-order valence-electron chi connectivity index (χ1n) is 10.5. The van der Waals surface area contributed by atoms with E-state index in [1.54, 1.807) is 17.0 Å². The third-order valence-corrected chi connectivity index (χ3v) is 5.92. The predicted octanol–water partition coefficient (Wildman–Crippen LogP) is 4.62. The van der Waals surface area contributed by atoms with Gasteiger partial charge >= 0.3 is 12.5 Å². The van der Waals surface area contributed by atoms with Crippen LogP contribution in [0.5, 0.6) is 0 Å². The van der Waals surface area contributed by atoms with Crippen molar-refractivity contribution in [2.75, 3.05) is 32.1 Å². The summed E-state index contributed by atoms with van der Waals surface area (Å²) in [4.78, 5) is 23.0. The topological polar surface area (TPSA) is 78.6 Å². The smallest absolute Gasteiger partial charge is 0.324 e. The standard InChI is InChI=1S/C22H22ClF3N6O2/c1-30(2)16-7-8-31(12-16)22(33)32(15-5-6-18(24)17(23)9-15)11-14-4-3-13(10-27-14)20-28-29-21(34-20)19(25)26/h3-6,9-10,16,19H,7-8,11-12H2,1-2H3/t16-/m0/s1. The molecule has 180 valence electrons. The number of nitrogens with zero attached hydrogens (tertiary/aromatic N) is 6. The molecule has 0 unspecified atom stereocenters. The van der Waals surface area contributed by atoms with E-state index >= 15 is 0 Å². The van der Waals surface area contributed by atoms with E-state index in [2.05, 4.69) is 20.1 Å². The summed E-state index contributed by atoms with van der Waals surface area (Å²) >= 11 is 5.98. The van der Waals surface area contributed by atoms with Crippen LogP contribution in [0.25, 0.3) is 11.5 Å². The summed E-state index contributed by atoms with van der Waals surface area (Å²) in [6, 6.07) is 7.29. The van der Waals surface area contributed by atoms with Crippen LogP contribution in [0.2, 0.25) is 5.02 Å². The van der Waals surface area contributed by atoms with Gasteiger partial charge in [-0.15, -0.1) is 10.2 Å². The highest BCUT2D eigenvalue weighted by molar-refractivity contribution is 6.31. The van der Waals surface area contributed by atoms with Gasteiger partial charge in [0.25, 0.3) is 5.89 Å². The number of hydrogen-bond acceptors (Lipinski definition) is 6. The monoisotopic (exact) mass is 494 g/mol. The van der Waals surface area contributed by atoms with Gasteiger partial charge in [-0.25, -0.2) is 9.18 Å². The molecular formula is C22H22ClF3N6O2. The minimum atomic E-state index is -2.87. The summed E-state index contributed by atoms with van der Waals surface area (Å²) in [5.74, 6) is -1.44. The Bertz CT molecular complexity index is 1160. The van der Waals surface area contributed by atoms with E-state index in [0.717, 1.165) is 6.42 Å². The lowest BCUT2D eigenvalue weighted by Gasteiger charge is -2.29. The van der Waals surface area contributed by atoms with E-state index in [4.69, 9.17) is 16.0 Å². The van der Waals surface area contributed by atoms with Crippen molar-refractivity contribution in [3.05, 3.63) is 59.0 Å². The number of alkyl halides is 2. The van der Waals surface area contributed by atoms with Gasteiger partial charge in [-0.3, -0.25) is 9.88 Å². The van der Waals surface area contributed by atoms with Gasteiger partial charge in [0.1, 0.15) is 5.82 Å². The molecule has 1 aliphatic rings. The summed E-state index contributed by atoms with van der Waals surface area (Å²) in [6.45, 7) is 1.23. The maximum atomic E-state index is 13.8. The van der Waals surface area contributed by atoms with Crippen LogP contribution >= 0.6 is 11.6 Å². The number of aromatic nitrogens is 3. The maximum Gasteiger partial charge on any atom is 0.324 e. The summed E-state index contributed by atoms with van der Waals surface area (Å²) in [5, 5.41) is 6.81. The number of amides is 2. The van der Waals surface area contributed by atoms with Crippen molar-refractivity contribution < 1.29 is 22.4 Å². The van der Waals surface area contributed by atoms with Gasteiger partial charge in [-0.05, 0) is 50.8 Å². The highest BCUT2D eigenvalue weighted by Crippen LogP contribution is 2.27. The lowest BCUT2D eigenvalue weighted by molar-refractivity contribution is 0.116. The third kappa shape index (κ3) is 5.15. The predicted molar refractivity (Wildman–Crippen MR) is 119 cm³/mol. The number of urea groups is 1. The van der Waals surface area contributed by atoms with Crippen molar-refractivity contribution in [3.8, 4) is 11.5 Å². The second-order valence-electron chi connectivity index (χ2n) is 8.10. The Balaban J connectivity index is 1.57. The van der Waals surface area contributed by atoms with E-state index in [9.17, 15) is 18.0 Å². The van der Waals surface area contributed by atoms with Gasteiger partial charge in [0.05, 0.1) is 22.8 Å². The van der Waals surface area contributed by atoms with Gasteiger partial charge in [0.15, 0.2) is 0 Å². The molecule has 1 atom stereocenters. The van der Waals surface area contributed by atoms with Crippen LogP contribution in [0.1, 0.15) is 24.4 Å². The Labute approximate surface area is 198 Å². The molecule has 2 aromatic heterocycles. The zero-order valence-corrected chi connectivity index (χ0v) is 19.2. The van der Waals surface area contributed by atoms with E-state index < -0.39 is 18.1 Å². The molecule has 34 heavy (non-hydrogen) atoms. The largest absolute Gasteiger partial charge is 0.415 e. The zero-order valence-electron chi connectivity index (χ0n) is 18.5. The van der Waals surface area contributed by atoms with E-state index in [1.807, 2.05) is 14.1 Å². The molecule has 1 aromatic carbocycles. The molecule has 1 aliphatic heterocycles. The number of pyridine rings is 1. The van der Waals surface area contributed by atoms with Gasteiger partial charge in [-0.1, -0.05) is 11.6 Å². The highest BCUT2D eigenvalue weighted by atomic mass is 35.5. The van der Waals surface area contributed by atoms with Crippen molar-refractivity contribution in [1.82, 2.24) is 25.0 Å². The molecule has 0 saturated carbocycles. The Hall–Kier alpha value is -3.18. The molecule has 0 spiro atoms. The summed E-state index contributed by atoms with van der Waals surface area (Å²) in [5.41, 5.74) is 1.29. The number of hydrogen-bond donors (Lipinski definition) is 0. The molecule has 0 aliphatic carbocycles. The first-order chi connectivity index (χ1) is 16.2. The van der Waals surface area contributed by atoms with Crippen LogP contribution < -0.4 is 4.90 Å². The second-order valence-corrected chi connectivity index (χ2v) is 8.51. The summed E-state index contributed by atoms with van der Waals surface area (Å²) in [7, 11) is 3.94. The molecule has 1 saturated heterocycles. The van der Waals surface area contributed by atoms with Crippen molar-refractivity contribution in [1.29, 1.82) is 0 Å². The van der Waals surface area contributed by atoms with Gasteiger partial charge in [0, 0.05) is 31.0 Å². The van der Waals surface area contributed by atoms with E-state index in [1.165, 1.54) is 29.3 Å². The lowest BCUT2D eigenvalue weighted by Crippen LogP contribution is -2.43. The summed E-state index contributed by atoms with van der Waals surface area (Å²) < 4.78 is 44.1. The number of likely N-dealkylation sites (tertiary alicyclic amines) is 1. The molecule has 0 bridgehead atoms. The zero-order chi connectivity index (χ0) is 24.4. The van der Waals surface area contributed by atoms with E-state index in [-0.39, 0.29) is 29.5 Å². The Kier molecular flexibility index (Phi) is 7.03. The van der Waals surface area contributed by atoms with Crippen molar-refractivity contribution in [2.24, 2.45) is 0 Å². The first kappa shape index (κ1) is 24.0. The van der Waals surface area contributed by atoms with Crippen LogP contribution in [0.4, 0.5) is 23.7 Å².